The number of piperidine rings is 1. The van der Waals surface area contributed by atoms with E-state index in [1.807, 2.05) is 6.92 Å². The summed E-state index contributed by atoms with van der Waals surface area (Å²) >= 11 is 0. The van der Waals surface area contributed by atoms with Crippen molar-refractivity contribution in [1.82, 2.24) is 15.0 Å². The molecular formula is C17H19F3N4O. The van der Waals surface area contributed by atoms with Crippen molar-refractivity contribution in [2.45, 2.75) is 25.9 Å². The minimum atomic E-state index is -4.46. The van der Waals surface area contributed by atoms with Crippen molar-refractivity contribution in [3.8, 4) is 5.88 Å². The van der Waals surface area contributed by atoms with Gasteiger partial charge in [0.25, 0.3) is 0 Å². The van der Waals surface area contributed by atoms with Gasteiger partial charge >= 0.3 is 6.18 Å². The zero-order valence-electron chi connectivity index (χ0n) is 13.8. The first-order chi connectivity index (χ1) is 11.9. The number of aryl methyl sites for hydroxylation is 1. The lowest BCUT2D eigenvalue weighted by Crippen LogP contribution is -2.36. The second-order valence-electron chi connectivity index (χ2n) is 6.12. The lowest BCUT2D eigenvalue weighted by atomic mass is 9.98. The zero-order chi connectivity index (χ0) is 17.9. The van der Waals surface area contributed by atoms with Gasteiger partial charge in [-0.1, -0.05) is 6.07 Å². The maximum Gasteiger partial charge on any atom is 0.433 e. The monoisotopic (exact) mass is 352 g/mol. The Hall–Kier alpha value is -2.38. The van der Waals surface area contributed by atoms with Crippen LogP contribution in [0, 0.1) is 12.8 Å². The van der Waals surface area contributed by atoms with Crippen LogP contribution in [0.25, 0.3) is 0 Å². The van der Waals surface area contributed by atoms with Crippen molar-refractivity contribution in [1.29, 1.82) is 0 Å². The van der Waals surface area contributed by atoms with Crippen LogP contribution in [0.15, 0.2) is 30.6 Å². The Morgan fingerprint density at radius 3 is 2.60 bits per heavy atom. The Balaban J connectivity index is 1.51. The minimum Gasteiger partial charge on any atom is -0.477 e. The van der Waals surface area contributed by atoms with E-state index in [1.54, 1.807) is 12.4 Å². The number of ether oxygens (including phenoxy) is 1. The Morgan fingerprint density at radius 2 is 1.92 bits per heavy atom. The summed E-state index contributed by atoms with van der Waals surface area (Å²) in [5.74, 6) is 1.16. The Morgan fingerprint density at radius 1 is 1.16 bits per heavy atom. The molecule has 2 aromatic heterocycles. The summed E-state index contributed by atoms with van der Waals surface area (Å²) in [6.45, 7) is 3.91. The van der Waals surface area contributed by atoms with Gasteiger partial charge in [-0.05, 0) is 31.7 Å². The predicted octanol–water partition coefficient (Wildman–Crippen LogP) is 3.49. The molecule has 0 spiro atoms. The molecule has 1 aliphatic heterocycles. The summed E-state index contributed by atoms with van der Waals surface area (Å²) in [6.07, 6.45) is 0.769. The van der Waals surface area contributed by atoms with Crippen LogP contribution in [0.4, 0.5) is 19.0 Å². The maximum atomic E-state index is 12.7. The molecule has 1 fully saturated rings. The summed E-state index contributed by atoms with van der Waals surface area (Å²) in [7, 11) is 0. The van der Waals surface area contributed by atoms with Gasteiger partial charge in [-0.2, -0.15) is 13.2 Å². The van der Waals surface area contributed by atoms with E-state index in [0.717, 1.165) is 43.5 Å². The van der Waals surface area contributed by atoms with Gasteiger partial charge in [0.1, 0.15) is 11.5 Å². The van der Waals surface area contributed by atoms with Gasteiger partial charge in [-0.15, -0.1) is 0 Å². The van der Waals surface area contributed by atoms with Gasteiger partial charge in [-0.25, -0.2) is 9.97 Å². The second kappa shape index (κ2) is 7.25. The first-order valence-corrected chi connectivity index (χ1v) is 8.12. The summed E-state index contributed by atoms with van der Waals surface area (Å²) in [5, 5.41) is 0. The van der Waals surface area contributed by atoms with Crippen molar-refractivity contribution in [2.75, 3.05) is 24.6 Å². The third kappa shape index (κ3) is 4.58. The van der Waals surface area contributed by atoms with Crippen molar-refractivity contribution in [3.63, 3.8) is 0 Å². The Kier molecular flexibility index (Phi) is 5.06. The van der Waals surface area contributed by atoms with Crippen molar-refractivity contribution < 1.29 is 17.9 Å². The average Bonchev–Trinajstić information content (AvgIpc) is 2.60. The molecule has 1 aliphatic rings. The number of alkyl halides is 3. The molecule has 0 N–H and O–H groups in total. The third-order valence-corrected chi connectivity index (χ3v) is 4.16. The highest BCUT2D eigenvalue weighted by Gasteiger charge is 2.32. The van der Waals surface area contributed by atoms with Gasteiger partial charge in [0.15, 0.2) is 0 Å². The van der Waals surface area contributed by atoms with Crippen molar-refractivity contribution in [3.05, 3.63) is 42.0 Å². The largest absolute Gasteiger partial charge is 0.477 e. The topological polar surface area (TPSA) is 51.1 Å². The zero-order valence-corrected chi connectivity index (χ0v) is 13.8. The van der Waals surface area contributed by atoms with E-state index in [0.29, 0.717) is 6.61 Å². The maximum absolute atomic E-state index is 12.7. The van der Waals surface area contributed by atoms with Crippen LogP contribution in [-0.2, 0) is 6.18 Å². The van der Waals surface area contributed by atoms with Gasteiger partial charge in [-0.3, -0.25) is 4.98 Å². The van der Waals surface area contributed by atoms with E-state index in [9.17, 15) is 13.2 Å². The summed E-state index contributed by atoms with van der Waals surface area (Å²) in [5.41, 5.74) is -0.0589. The molecule has 1 saturated heterocycles. The number of halogens is 3. The molecular weight excluding hydrogens is 333 g/mol. The second-order valence-corrected chi connectivity index (χ2v) is 6.12. The average molecular weight is 352 g/mol. The van der Waals surface area contributed by atoms with Crippen molar-refractivity contribution >= 4 is 5.82 Å². The van der Waals surface area contributed by atoms with E-state index in [2.05, 4.69) is 19.9 Å². The van der Waals surface area contributed by atoms with E-state index in [-0.39, 0.29) is 11.8 Å². The van der Waals surface area contributed by atoms with Crippen LogP contribution in [0.1, 0.15) is 24.2 Å². The first-order valence-electron chi connectivity index (χ1n) is 8.12. The molecule has 25 heavy (non-hydrogen) atoms. The molecule has 134 valence electrons. The molecule has 0 saturated carbocycles. The fraction of sp³-hybridized carbons (Fsp3) is 0.471. The molecule has 5 nitrogen and oxygen atoms in total. The number of pyridine rings is 1. The van der Waals surface area contributed by atoms with E-state index in [1.165, 1.54) is 12.1 Å². The molecule has 0 aliphatic carbocycles. The quantitative estimate of drug-likeness (QED) is 0.843. The first kappa shape index (κ1) is 17.4. The SMILES string of the molecule is Cc1cncc(N2CCC(COc3cccc(C(F)(F)F)n3)CC2)n1. The number of rotatable bonds is 4. The molecule has 3 rings (SSSR count). The molecule has 0 bridgehead atoms. The van der Waals surface area contributed by atoms with Crippen LogP contribution < -0.4 is 9.64 Å². The van der Waals surface area contributed by atoms with Gasteiger partial charge in [0, 0.05) is 25.4 Å². The standard InChI is InChI=1S/C17H19F3N4O/c1-12-9-21-10-15(22-12)24-7-5-13(6-8-24)11-25-16-4-2-3-14(23-16)17(18,19)20/h2-4,9-10,13H,5-8,11H2,1H3. The minimum absolute atomic E-state index is 0.0156. The van der Waals surface area contributed by atoms with Gasteiger partial charge in [0.2, 0.25) is 5.88 Å². The van der Waals surface area contributed by atoms with Crippen LogP contribution in [0.5, 0.6) is 5.88 Å². The molecule has 3 heterocycles. The van der Waals surface area contributed by atoms with Crippen LogP contribution in [-0.4, -0.2) is 34.6 Å². The molecule has 8 heteroatoms. The van der Waals surface area contributed by atoms with E-state index >= 15 is 0 Å². The molecule has 0 radical (unpaired) electrons. The van der Waals surface area contributed by atoms with Crippen LogP contribution in [0.3, 0.4) is 0 Å². The number of aromatic nitrogens is 3. The smallest absolute Gasteiger partial charge is 0.433 e. The van der Waals surface area contributed by atoms with E-state index in [4.69, 9.17) is 4.74 Å². The van der Waals surface area contributed by atoms with Gasteiger partial charge in [0.05, 0.1) is 18.5 Å². The molecule has 0 unspecified atom stereocenters. The van der Waals surface area contributed by atoms with Gasteiger partial charge < -0.3 is 9.64 Å². The summed E-state index contributed by atoms with van der Waals surface area (Å²) < 4.78 is 43.5. The highest BCUT2D eigenvalue weighted by atomic mass is 19.4. The Labute approximate surface area is 143 Å². The highest BCUT2D eigenvalue weighted by molar-refractivity contribution is 5.36. The number of hydrogen-bond acceptors (Lipinski definition) is 5. The fourth-order valence-electron chi connectivity index (χ4n) is 2.79. The molecule has 0 aromatic carbocycles. The summed E-state index contributed by atoms with van der Waals surface area (Å²) in [6, 6.07) is 3.70. The highest BCUT2D eigenvalue weighted by Crippen LogP contribution is 2.29. The Bertz CT molecular complexity index is 715. The lowest BCUT2D eigenvalue weighted by Gasteiger charge is -2.32. The van der Waals surface area contributed by atoms with Crippen LogP contribution >= 0.6 is 0 Å². The molecule has 2 aromatic rings. The molecule has 0 amide bonds. The van der Waals surface area contributed by atoms with Crippen LogP contribution in [0.2, 0.25) is 0 Å². The number of nitrogens with zero attached hydrogens (tertiary/aromatic N) is 4. The normalized spacial score (nSPS) is 16.1. The fourth-order valence-corrected chi connectivity index (χ4v) is 2.79. The third-order valence-electron chi connectivity index (χ3n) is 4.16. The van der Waals surface area contributed by atoms with Crippen molar-refractivity contribution in [2.24, 2.45) is 5.92 Å². The lowest BCUT2D eigenvalue weighted by molar-refractivity contribution is -0.141. The number of anilines is 1. The van der Waals surface area contributed by atoms with E-state index < -0.39 is 11.9 Å². The number of hydrogen-bond donors (Lipinski definition) is 0. The molecule has 0 atom stereocenters. The predicted molar refractivity (Wildman–Crippen MR) is 86.4 cm³/mol. The summed E-state index contributed by atoms with van der Waals surface area (Å²) in [4.78, 5) is 14.3.